The van der Waals surface area contributed by atoms with Gasteiger partial charge in [-0.3, -0.25) is 4.79 Å². The Morgan fingerprint density at radius 1 is 0.857 bits per heavy atom. The fourth-order valence-corrected chi connectivity index (χ4v) is 3.41. The Labute approximate surface area is 143 Å². The van der Waals surface area contributed by atoms with Gasteiger partial charge in [0.05, 0.1) is 5.92 Å². The lowest BCUT2D eigenvalue weighted by Crippen LogP contribution is -2.18. The van der Waals surface area contributed by atoms with Crippen molar-refractivity contribution in [3.05, 3.63) is 0 Å². The molecule has 0 aliphatic carbocycles. The maximum absolute atomic E-state index is 11.4. The van der Waals surface area contributed by atoms with Gasteiger partial charge in [0.25, 0.3) is 0 Å². The molecule has 1 nitrogen and oxygen atoms in total. The van der Waals surface area contributed by atoms with Gasteiger partial charge in [0, 0.05) is 4.86 Å². The topological polar surface area (TPSA) is 17.1 Å². The van der Waals surface area contributed by atoms with Gasteiger partial charge in [-0.05, 0) is 19.3 Å². The molecule has 0 fully saturated rings. The van der Waals surface area contributed by atoms with Crippen LogP contribution < -0.4 is 0 Å². The third-order valence-electron chi connectivity index (χ3n) is 4.04. The minimum atomic E-state index is -0.0908. The summed E-state index contributed by atoms with van der Waals surface area (Å²) in [7, 11) is 0. The molecule has 0 aromatic carbocycles. The standard InChI is InChI=1S/C18H34OS2/c1-3-5-6-7-8-9-10-11-12-13-15-17(20)16(14-4-2)18(19)21/h16H,3-15H2,1-2H3,(H,19,21). The molecule has 0 aromatic heterocycles. The molecule has 0 aliphatic heterocycles. The van der Waals surface area contributed by atoms with Crippen LogP contribution in [-0.4, -0.2) is 9.98 Å². The van der Waals surface area contributed by atoms with E-state index in [-0.39, 0.29) is 11.0 Å². The molecule has 21 heavy (non-hydrogen) atoms. The van der Waals surface area contributed by atoms with E-state index in [0.29, 0.717) is 0 Å². The molecule has 0 heterocycles. The molecular weight excluding hydrogens is 296 g/mol. The van der Waals surface area contributed by atoms with Crippen LogP contribution in [0.1, 0.15) is 97.3 Å². The van der Waals surface area contributed by atoms with Crippen LogP contribution in [0.25, 0.3) is 0 Å². The molecule has 3 heteroatoms. The molecule has 1 unspecified atom stereocenters. The summed E-state index contributed by atoms with van der Waals surface area (Å²) in [6, 6.07) is 0. The molecule has 0 rings (SSSR count). The van der Waals surface area contributed by atoms with Crippen LogP contribution in [0.5, 0.6) is 0 Å². The number of rotatable bonds is 15. The summed E-state index contributed by atoms with van der Waals surface area (Å²) < 4.78 is 0. The van der Waals surface area contributed by atoms with E-state index in [0.717, 1.165) is 30.5 Å². The first-order valence-electron chi connectivity index (χ1n) is 8.89. The third kappa shape index (κ3) is 12.3. The number of carbonyl (C=O) groups is 1. The molecule has 0 N–H and O–H groups in total. The average Bonchev–Trinajstić information content (AvgIpc) is 2.46. The van der Waals surface area contributed by atoms with E-state index in [9.17, 15) is 4.79 Å². The molecule has 1 atom stereocenters. The lowest BCUT2D eigenvalue weighted by Gasteiger charge is -2.13. The van der Waals surface area contributed by atoms with Gasteiger partial charge < -0.3 is 0 Å². The van der Waals surface area contributed by atoms with E-state index < -0.39 is 0 Å². The van der Waals surface area contributed by atoms with Crippen LogP contribution in [0.2, 0.25) is 0 Å². The fraction of sp³-hybridized carbons (Fsp3) is 0.889. The summed E-state index contributed by atoms with van der Waals surface area (Å²) in [6.45, 7) is 4.35. The molecule has 0 saturated heterocycles. The third-order valence-corrected chi connectivity index (χ3v) is 4.84. The summed E-state index contributed by atoms with van der Waals surface area (Å²) in [5.41, 5.74) is 0. The molecule has 0 aromatic rings. The largest absolute Gasteiger partial charge is 0.287 e. The number of hydrogen-bond donors (Lipinski definition) is 1. The SMILES string of the molecule is CCCCCCCCCCCCC(=S)C(CCC)C(=O)S. The predicted molar refractivity (Wildman–Crippen MR) is 101 cm³/mol. The second kappa shape index (κ2) is 15.0. The predicted octanol–water partition coefficient (Wildman–Crippen LogP) is 6.54. The van der Waals surface area contributed by atoms with Crippen molar-refractivity contribution in [3.63, 3.8) is 0 Å². The van der Waals surface area contributed by atoms with Crippen molar-refractivity contribution < 1.29 is 4.79 Å². The van der Waals surface area contributed by atoms with Gasteiger partial charge >= 0.3 is 0 Å². The fourth-order valence-electron chi connectivity index (χ4n) is 2.67. The van der Waals surface area contributed by atoms with E-state index in [1.165, 1.54) is 57.8 Å². The van der Waals surface area contributed by atoms with Gasteiger partial charge in [0.2, 0.25) is 0 Å². The molecule has 0 radical (unpaired) electrons. The number of thiocarbonyl (C=S) groups is 1. The lowest BCUT2D eigenvalue weighted by atomic mass is 9.96. The second-order valence-corrected chi connectivity index (χ2v) is 7.04. The van der Waals surface area contributed by atoms with Crippen molar-refractivity contribution in [1.82, 2.24) is 0 Å². The number of unbranched alkanes of at least 4 members (excludes halogenated alkanes) is 9. The van der Waals surface area contributed by atoms with Gasteiger partial charge in [-0.1, -0.05) is 90.3 Å². The van der Waals surface area contributed by atoms with Crippen molar-refractivity contribution in [2.75, 3.05) is 0 Å². The van der Waals surface area contributed by atoms with Crippen molar-refractivity contribution >= 4 is 34.8 Å². The average molecular weight is 331 g/mol. The zero-order chi connectivity index (χ0) is 15.9. The Kier molecular flexibility index (Phi) is 15.1. The number of hydrogen-bond acceptors (Lipinski definition) is 2. The molecular formula is C18H34OS2. The van der Waals surface area contributed by atoms with Gasteiger partial charge in [0.1, 0.15) is 0 Å². The summed E-state index contributed by atoms with van der Waals surface area (Å²) in [5.74, 6) is -0.0908. The van der Waals surface area contributed by atoms with Crippen LogP contribution in [0.3, 0.4) is 0 Å². The van der Waals surface area contributed by atoms with Crippen LogP contribution >= 0.6 is 24.8 Å². The first-order chi connectivity index (χ1) is 10.1. The molecule has 0 bridgehead atoms. The molecule has 124 valence electrons. The minimum absolute atomic E-state index is 0.0473. The monoisotopic (exact) mass is 330 g/mol. The molecule has 0 amide bonds. The Hall–Kier alpha value is 0.110. The van der Waals surface area contributed by atoms with Gasteiger partial charge in [-0.25, -0.2) is 0 Å². The summed E-state index contributed by atoms with van der Waals surface area (Å²) in [5, 5.41) is -0.0473. The zero-order valence-corrected chi connectivity index (χ0v) is 15.7. The zero-order valence-electron chi connectivity index (χ0n) is 14.0. The van der Waals surface area contributed by atoms with Crippen molar-refractivity contribution in [2.24, 2.45) is 5.92 Å². The van der Waals surface area contributed by atoms with Crippen molar-refractivity contribution in [1.29, 1.82) is 0 Å². The van der Waals surface area contributed by atoms with E-state index in [4.69, 9.17) is 12.2 Å². The quantitative estimate of drug-likeness (QED) is 0.208. The van der Waals surface area contributed by atoms with Gasteiger partial charge in [0.15, 0.2) is 5.12 Å². The van der Waals surface area contributed by atoms with Crippen LogP contribution in [-0.2, 0) is 4.79 Å². The van der Waals surface area contributed by atoms with Crippen molar-refractivity contribution in [3.8, 4) is 0 Å². The van der Waals surface area contributed by atoms with E-state index >= 15 is 0 Å². The minimum Gasteiger partial charge on any atom is -0.287 e. The number of carbonyl (C=O) groups excluding carboxylic acids is 1. The Morgan fingerprint density at radius 3 is 1.76 bits per heavy atom. The molecule has 0 aliphatic rings. The Morgan fingerprint density at radius 2 is 1.33 bits per heavy atom. The Balaban J connectivity index is 3.49. The number of thiol groups is 1. The van der Waals surface area contributed by atoms with Crippen LogP contribution in [0.15, 0.2) is 0 Å². The Bertz CT molecular complexity index is 276. The highest BCUT2D eigenvalue weighted by Crippen LogP contribution is 2.18. The highest BCUT2D eigenvalue weighted by atomic mass is 32.1. The van der Waals surface area contributed by atoms with Crippen LogP contribution in [0, 0.1) is 5.92 Å². The normalized spacial score (nSPS) is 12.3. The summed E-state index contributed by atoms with van der Waals surface area (Å²) >= 11 is 9.37. The smallest absolute Gasteiger partial charge is 0.193 e. The van der Waals surface area contributed by atoms with Gasteiger partial charge in [-0.15, -0.1) is 12.6 Å². The molecule has 0 saturated carbocycles. The van der Waals surface area contributed by atoms with Gasteiger partial charge in [-0.2, -0.15) is 0 Å². The van der Waals surface area contributed by atoms with E-state index in [1.54, 1.807) is 0 Å². The second-order valence-electron chi connectivity index (χ2n) is 6.08. The van der Waals surface area contributed by atoms with Crippen LogP contribution in [0.4, 0.5) is 0 Å². The lowest BCUT2D eigenvalue weighted by molar-refractivity contribution is -0.112. The summed E-state index contributed by atoms with van der Waals surface area (Å²) in [4.78, 5) is 12.4. The maximum Gasteiger partial charge on any atom is 0.193 e. The first-order valence-corrected chi connectivity index (χ1v) is 9.74. The van der Waals surface area contributed by atoms with Crippen molar-refractivity contribution in [2.45, 2.75) is 97.3 Å². The maximum atomic E-state index is 11.4. The highest BCUT2D eigenvalue weighted by Gasteiger charge is 2.18. The highest BCUT2D eigenvalue weighted by molar-refractivity contribution is 7.96. The first kappa shape index (κ1) is 21.1. The summed E-state index contributed by atoms with van der Waals surface area (Å²) in [6.07, 6.45) is 16.1. The molecule has 0 spiro atoms. The van der Waals surface area contributed by atoms with E-state index in [1.807, 2.05) is 0 Å². The van der Waals surface area contributed by atoms with E-state index in [2.05, 4.69) is 26.5 Å².